The van der Waals surface area contributed by atoms with E-state index in [9.17, 15) is 13.2 Å². The first-order chi connectivity index (χ1) is 13.4. The van der Waals surface area contributed by atoms with Crippen molar-refractivity contribution in [2.45, 2.75) is 31.5 Å². The van der Waals surface area contributed by atoms with Crippen molar-refractivity contribution in [3.05, 3.63) is 47.9 Å². The van der Waals surface area contributed by atoms with Gasteiger partial charge in [-0.05, 0) is 13.3 Å². The van der Waals surface area contributed by atoms with Crippen LogP contribution in [0.3, 0.4) is 0 Å². The van der Waals surface area contributed by atoms with Crippen molar-refractivity contribution in [1.29, 1.82) is 0 Å². The summed E-state index contributed by atoms with van der Waals surface area (Å²) in [6.45, 7) is 1.67. The van der Waals surface area contributed by atoms with Crippen LogP contribution in [-0.4, -0.2) is 56.9 Å². The second-order valence-electron chi connectivity index (χ2n) is 7.22. The van der Waals surface area contributed by atoms with E-state index in [2.05, 4.69) is 25.5 Å². The van der Waals surface area contributed by atoms with E-state index >= 15 is 0 Å². The Morgan fingerprint density at radius 2 is 2.04 bits per heavy atom. The first-order valence-electron chi connectivity index (χ1n) is 9.14. The number of aromatic amines is 1. The van der Waals surface area contributed by atoms with Crippen LogP contribution in [0.2, 0.25) is 0 Å². The number of piperidine rings is 1. The number of aromatic nitrogens is 4. The van der Waals surface area contributed by atoms with Crippen molar-refractivity contribution in [3.8, 4) is 0 Å². The van der Waals surface area contributed by atoms with Crippen LogP contribution in [0, 0.1) is 6.92 Å². The Morgan fingerprint density at radius 1 is 1.25 bits per heavy atom. The molecule has 0 bridgehead atoms. The average molecular weight is 390 g/mol. The molecule has 4 rings (SSSR count). The van der Waals surface area contributed by atoms with E-state index in [0.29, 0.717) is 29.8 Å². The molecular formula is C19H21F3N6. The molecule has 28 heavy (non-hydrogen) atoms. The topological polar surface area (TPSA) is 69.7 Å². The van der Waals surface area contributed by atoms with Gasteiger partial charge in [-0.3, -0.25) is 10.00 Å². The number of hydrogen-bond donors (Lipinski definition) is 2. The Kier molecular flexibility index (Phi) is 4.92. The number of rotatable bonds is 5. The lowest BCUT2D eigenvalue weighted by Gasteiger charge is -2.36. The highest BCUT2D eigenvalue weighted by Crippen LogP contribution is 2.31. The molecule has 2 aromatic heterocycles. The van der Waals surface area contributed by atoms with Gasteiger partial charge < -0.3 is 5.32 Å². The summed E-state index contributed by atoms with van der Waals surface area (Å²) in [5.74, 6) is -2.53. The molecule has 2 unspecified atom stereocenters. The van der Waals surface area contributed by atoms with Crippen molar-refractivity contribution in [2.75, 3.05) is 25.0 Å². The molecule has 1 aliphatic rings. The maximum Gasteiger partial charge on any atom is 0.285 e. The predicted octanol–water partition coefficient (Wildman–Crippen LogP) is 3.28. The number of fused-ring (bicyclic) bond motifs is 1. The monoisotopic (exact) mass is 390 g/mol. The SMILES string of the molecule is Cc1ccc(C(F)(F)CN2CCC(Nc3ncnc4[nH]ncc34)C(F)C2)cc1. The van der Waals surface area contributed by atoms with E-state index in [-0.39, 0.29) is 12.1 Å². The van der Waals surface area contributed by atoms with Crippen LogP contribution in [0.5, 0.6) is 0 Å². The minimum absolute atomic E-state index is 0.0444. The van der Waals surface area contributed by atoms with Crippen LogP contribution in [0.4, 0.5) is 19.0 Å². The molecule has 0 spiro atoms. The van der Waals surface area contributed by atoms with Crippen molar-refractivity contribution in [2.24, 2.45) is 0 Å². The Labute approximate surface area is 160 Å². The molecule has 1 fully saturated rings. The number of hydrogen-bond acceptors (Lipinski definition) is 5. The van der Waals surface area contributed by atoms with Crippen LogP contribution in [0.15, 0.2) is 36.8 Å². The molecule has 3 aromatic rings. The zero-order valence-corrected chi connectivity index (χ0v) is 15.4. The van der Waals surface area contributed by atoms with E-state index in [1.165, 1.54) is 23.4 Å². The number of aryl methyl sites for hydroxylation is 1. The first kappa shape index (κ1) is 18.7. The molecule has 0 aliphatic carbocycles. The maximum atomic E-state index is 14.7. The third-order valence-corrected chi connectivity index (χ3v) is 5.09. The number of alkyl halides is 3. The third-order valence-electron chi connectivity index (χ3n) is 5.09. The van der Waals surface area contributed by atoms with Gasteiger partial charge in [0.25, 0.3) is 5.92 Å². The Morgan fingerprint density at radius 3 is 2.79 bits per heavy atom. The van der Waals surface area contributed by atoms with Gasteiger partial charge in [0.2, 0.25) is 0 Å². The van der Waals surface area contributed by atoms with E-state index in [1.807, 2.05) is 6.92 Å². The number of H-pyrrole nitrogens is 1. The fourth-order valence-electron chi connectivity index (χ4n) is 3.50. The number of halogens is 3. The second kappa shape index (κ2) is 7.38. The van der Waals surface area contributed by atoms with E-state index in [0.717, 1.165) is 5.56 Å². The van der Waals surface area contributed by atoms with Crippen molar-refractivity contribution in [3.63, 3.8) is 0 Å². The van der Waals surface area contributed by atoms with Gasteiger partial charge in [0.15, 0.2) is 5.65 Å². The van der Waals surface area contributed by atoms with Crippen LogP contribution < -0.4 is 5.32 Å². The molecule has 1 aliphatic heterocycles. The minimum atomic E-state index is -3.02. The molecule has 148 valence electrons. The summed E-state index contributed by atoms with van der Waals surface area (Å²) in [7, 11) is 0. The molecule has 3 heterocycles. The lowest BCUT2D eigenvalue weighted by molar-refractivity contribution is -0.0491. The highest BCUT2D eigenvalue weighted by Gasteiger charge is 2.38. The first-order valence-corrected chi connectivity index (χ1v) is 9.14. The largest absolute Gasteiger partial charge is 0.364 e. The summed E-state index contributed by atoms with van der Waals surface area (Å²) in [5.41, 5.74) is 1.44. The van der Waals surface area contributed by atoms with Crippen molar-refractivity contribution in [1.82, 2.24) is 25.1 Å². The zero-order valence-electron chi connectivity index (χ0n) is 15.4. The normalized spacial score (nSPS) is 21.1. The highest BCUT2D eigenvalue weighted by atomic mass is 19.3. The zero-order chi connectivity index (χ0) is 19.7. The number of nitrogens with one attached hydrogen (secondary N) is 2. The van der Waals surface area contributed by atoms with Crippen LogP contribution >= 0.6 is 0 Å². The number of anilines is 1. The smallest absolute Gasteiger partial charge is 0.285 e. The van der Waals surface area contributed by atoms with Gasteiger partial charge in [0.1, 0.15) is 18.3 Å². The van der Waals surface area contributed by atoms with Crippen molar-refractivity contribution < 1.29 is 13.2 Å². The van der Waals surface area contributed by atoms with Gasteiger partial charge in [-0.1, -0.05) is 29.8 Å². The molecule has 0 saturated carbocycles. The fourth-order valence-corrected chi connectivity index (χ4v) is 3.50. The molecule has 0 radical (unpaired) electrons. The van der Waals surface area contributed by atoms with E-state index < -0.39 is 24.7 Å². The van der Waals surface area contributed by atoms with Gasteiger partial charge >= 0.3 is 0 Å². The fraction of sp³-hybridized carbons (Fsp3) is 0.421. The summed E-state index contributed by atoms with van der Waals surface area (Å²) in [6, 6.07) is 5.69. The number of likely N-dealkylation sites (tertiary alicyclic amines) is 1. The standard InChI is InChI=1S/C19H21F3N6/c1-12-2-4-13(5-3-12)19(21,22)10-28-7-6-16(15(20)9-28)26-17-14-8-25-27-18(14)24-11-23-17/h2-5,8,11,15-16H,6-7,9-10H2,1H3,(H2,23,24,25,26,27). The Balaban J connectivity index is 1.40. The maximum absolute atomic E-state index is 14.7. The minimum Gasteiger partial charge on any atom is -0.364 e. The van der Waals surface area contributed by atoms with Gasteiger partial charge in [-0.25, -0.2) is 14.4 Å². The number of benzene rings is 1. The van der Waals surface area contributed by atoms with E-state index in [4.69, 9.17) is 0 Å². The average Bonchev–Trinajstić information content (AvgIpc) is 3.14. The Bertz CT molecular complexity index is 942. The van der Waals surface area contributed by atoms with Gasteiger partial charge in [-0.15, -0.1) is 0 Å². The van der Waals surface area contributed by atoms with Crippen LogP contribution in [-0.2, 0) is 5.92 Å². The van der Waals surface area contributed by atoms with Gasteiger partial charge in [0.05, 0.1) is 24.2 Å². The summed E-state index contributed by atoms with van der Waals surface area (Å²) < 4.78 is 43.9. The summed E-state index contributed by atoms with van der Waals surface area (Å²) >= 11 is 0. The highest BCUT2D eigenvalue weighted by molar-refractivity contribution is 5.85. The summed E-state index contributed by atoms with van der Waals surface area (Å²) in [6.07, 6.45) is 2.05. The van der Waals surface area contributed by atoms with Crippen LogP contribution in [0.25, 0.3) is 11.0 Å². The number of nitrogens with zero attached hydrogens (tertiary/aromatic N) is 4. The van der Waals surface area contributed by atoms with E-state index in [1.54, 1.807) is 18.3 Å². The van der Waals surface area contributed by atoms with Crippen LogP contribution in [0.1, 0.15) is 17.5 Å². The molecule has 0 amide bonds. The quantitative estimate of drug-likeness (QED) is 0.700. The molecule has 9 heteroatoms. The van der Waals surface area contributed by atoms with Gasteiger partial charge in [0, 0.05) is 18.7 Å². The lowest BCUT2D eigenvalue weighted by Crippen LogP contribution is -2.50. The molecule has 1 saturated heterocycles. The lowest BCUT2D eigenvalue weighted by atomic mass is 10.0. The Hall–Kier alpha value is -2.68. The predicted molar refractivity (Wildman–Crippen MR) is 100 cm³/mol. The van der Waals surface area contributed by atoms with Gasteiger partial charge in [-0.2, -0.15) is 13.9 Å². The summed E-state index contributed by atoms with van der Waals surface area (Å²) in [5, 5.41) is 10.4. The molecule has 2 atom stereocenters. The molecule has 2 N–H and O–H groups in total. The summed E-state index contributed by atoms with van der Waals surface area (Å²) in [4.78, 5) is 9.68. The molecule has 1 aromatic carbocycles. The van der Waals surface area contributed by atoms with Crippen molar-refractivity contribution >= 4 is 16.9 Å². The molecular weight excluding hydrogens is 369 g/mol. The molecule has 6 nitrogen and oxygen atoms in total. The third kappa shape index (κ3) is 3.80. The second-order valence-corrected chi connectivity index (χ2v) is 7.22.